The summed E-state index contributed by atoms with van der Waals surface area (Å²) in [7, 11) is 8.10. The van der Waals surface area contributed by atoms with Crippen LogP contribution in [0.3, 0.4) is 0 Å². The lowest BCUT2D eigenvalue weighted by atomic mass is 9.72. The summed E-state index contributed by atoms with van der Waals surface area (Å²) < 4.78 is 18.6. The van der Waals surface area contributed by atoms with Crippen LogP contribution in [0.4, 0.5) is 5.82 Å². The molecule has 1 aromatic carbocycles. The zero-order valence-corrected chi connectivity index (χ0v) is 20.9. The Bertz CT molecular complexity index is 1300. The molecule has 2 aromatic heterocycles. The second-order valence-corrected chi connectivity index (χ2v) is 10.7. The highest BCUT2D eigenvalue weighted by Crippen LogP contribution is 2.37. The Kier molecular flexibility index (Phi) is 5.27. The molecule has 0 saturated carbocycles. The van der Waals surface area contributed by atoms with Gasteiger partial charge in [-0.15, -0.1) is 0 Å². The first kappa shape index (κ1) is 22.5. The van der Waals surface area contributed by atoms with E-state index < -0.39 is 0 Å². The number of hydrogen-bond donors (Lipinski definition) is 0. The number of hydrogen-bond acceptors (Lipinski definition) is 8. The van der Waals surface area contributed by atoms with E-state index in [0.717, 1.165) is 68.0 Å². The first-order chi connectivity index (χ1) is 17.5. The van der Waals surface area contributed by atoms with Crippen molar-refractivity contribution < 1.29 is 14.2 Å². The van der Waals surface area contributed by atoms with Crippen molar-refractivity contribution in [2.75, 3.05) is 51.5 Å². The van der Waals surface area contributed by atoms with E-state index >= 15 is 0 Å². The maximum Gasteiger partial charge on any atom is 0.320 e. The molecule has 4 saturated heterocycles. The SMILES string of the molecule is [B]C1(N2CCC(c3cc4c(cnn4-c4cc(N5CC6CC5CO6)nc(OC)n4)cc3C)CC2)COC1. The van der Waals surface area contributed by atoms with Gasteiger partial charge in [0, 0.05) is 23.4 Å². The van der Waals surface area contributed by atoms with Crippen molar-refractivity contribution in [2.24, 2.45) is 0 Å². The number of piperidine rings is 1. The molecule has 186 valence electrons. The van der Waals surface area contributed by atoms with Gasteiger partial charge in [0.05, 0.1) is 50.8 Å². The summed E-state index contributed by atoms with van der Waals surface area (Å²) in [5.41, 5.74) is 3.48. The third-order valence-corrected chi connectivity index (χ3v) is 8.50. The summed E-state index contributed by atoms with van der Waals surface area (Å²) >= 11 is 0. The molecule has 0 amide bonds. The van der Waals surface area contributed by atoms with Crippen LogP contribution in [0.1, 0.15) is 36.3 Å². The van der Waals surface area contributed by atoms with Crippen LogP contribution in [0.5, 0.6) is 6.01 Å². The molecule has 2 atom stereocenters. The van der Waals surface area contributed by atoms with E-state index in [4.69, 9.17) is 27.2 Å². The Labute approximate surface area is 212 Å². The van der Waals surface area contributed by atoms with Crippen molar-refractivity contribution >= 4 is 24.6 Å². The summed E-state index contributed by atoms with van der Waals surface area (Å²) in [6.07, 6.45) is 5.43. The van der Waals surface area contributed by atoms with Gasteiger partial charge in [-0.3, -0.25) is 0 Å². The number of anilines is 1. The van der Waals surface area contributed by atoms with Gasteiger partial charge >= 0.3 is 6.01 Å². The van der Waals surface area contributed by atoms with Crippen molar-refractivity contribution in [3.05, 3.63) is 35.5 Å². The quantitative estimate of drug-likeness (QED) is 0.508. The molecule has 0 aliphatic carbocycles. The van der Waals surface area contributed by atoms with Crippen LogP contribution < -0.4 is 9.64 Å². The first-order valence-electron chi connectivity index (χ1n) is 12.9. The monoisotopic (exact) mass is 486 g/mol. The number of rotatable bonds is 5. The lowest BCUT2D eigenvalue weighted by molar-refractivity contribution is -0.0983. The molecule has 2 radical (unpaired) electrons. The molecule has 0 N–H and O–H groups in total. The number of aromatic nitrogens is 4. The molecule has 4 aliphatic heterocycles. The highest BCUT2D eigenvalue weighted by Gasteiger charge is 2.41. The van der Waals surface area contributed by atoms with E-state index in [9.17, 15) is 0 Å². The predicted octanol–water partition coefficient (Wildman–Crippen LogP) is 2.18. The van der Waals surface area contributed by atoms with Crippen LogP contribution in [0.15, 0.2) is 24.4 Å². The van der Waals surface area contributed by atoms with Crippen LogP contribution >= 0.6 is 0 Å². The highest BCUT2D eigenvalue weighted by atomic mass is 16.5. The number of fused-ring (bicyclic) bond motifs is 3. The van der Waals surface area contributed by atoms with Gasteiger partial charge in [0.15, 0.2) is 5.82 Å². The minimum Gasteiger partial charge on any atom is -0.467 e. The zero-order chi connectivity index (χ0) is 24.4. The van der Waals surface area contributed by atoms with E-state index in [0.29, 0.717) is 31.2 Å². The molecular weight excluding hydrogens is 455 g/mol. The van der Waals surface area contributed by atoms with Crippen molar-refractivity contribution in [3.8, 4) is 11.8 Å². The van der Waals surface area contributed by atoms with Gasteiger partial charge in [-0.05, 0) is 68.5 Å². The molecule has 2 unspecified atom stereocenters. The van der Waals surface area contributed by atoms with E-state index in [1.807, 2.05) is 16.9 Å². The molecule has 0 spiro atoms. The molecule has 6 heterocycles. The molecule has 3 aromatic rings. The maximum absolute atomic E-state index is 6.49. The molecule has 36 heavy (non-hydrogen) atoms. The number of ether oxygens (including phenoxy) is 3. The summed E-state index contributed by atoms with van der Waals surface area (Å²) in [6, 6.07) is 7.29. The largest absolute Gasteiger partial charge is 0.467 e. The Morgan fingerprint density at radius 2 is 1.92 bits per heavy atom. The Morgan fingerprint density at radius 3 is 2.58 bits per heavy atom. The Hall–Kier alpha value is -2.69. The minimum atomic E-state index is -0.271. The standard InChI is InChI=1S/C26H31BN6O3/c1-16-7-18-11-28-33(22(18)9-21(16)17-3-5-31(6-4-17)26(27)14-35-15-26)24-10-23(29-25(30-24)34-2)32-12-20-8-19(32)13-36-20/h7,9-11,17,19-20H,3-6,8,12-15H2,1-2H3. The number of methoxy groups -OCH3 is 1. The van der Waals surface area contributed by atoms with E-state index in [1.54, 1.807) is 7.11 Å². The predicted molar refractivity (Wildman–Crippen MR) is 136 cm³/mol. The molecule has 9 nitrogen and oxygen atoms in total. The van der Waals surface area contributed by atoms with Gasteiger partial charge in [0.25, 0.3) is 0 Å². The van der Waals surface area contributed by atoms with Gasteiger partial charge in [-0.2, -0.15) is 15.1 Å². The van der Waals surface area contributed by atoms with Crippen molar-refractivity contribution in [2.45, 2.75) is 49.7 Å². The second-order valence-electron chi connectivity index (χ2n) is 10.7. The highest BCUT2D eigenvalue weighted by molar-refractivity contribution is 6.16. The van der Waals surface area contributed by atoms with Crippen LogP contribution in [0.2, 0.25) is 0 Å². The van der Waals surface area contributed by atoms with E-state index in [1.165, 1.54) is 11.1 Å². The van der Waals surface area contributed by atoms with Crippen molar-refractivity contribution in [1.82, 2.24) is 24.6 Å². The normalized spacial score (nSPS) is 26.0. The number of nitrogens with zero attached hydrogens (tertiary/aromatic N) is 6. The molecule has 2 bridgehead atoms. The molecular formula is C26H31BN6O3. The van der Waals surface area contributed by atoms with Crippen molar-refractivity contribution in [1.29, 1.82) is 0 Å². The molecule has 7 rings (SSSR count). The van der Waals surface area contributed by atoms with Crippen LogP contribution in [-0.4, -0.2) is 96.6 Å². The minimum absolute atomic E-state index is 0.271. The summed E-state index contributed by atoms with van der Waals surface area (Å²) in [5, 5.41) is 5.84. The third kappa shape index (κ3) is 3.61. The smallest absolute Gasteiger partial charge is 0.320 e. The number of aryl methyl sites for hydroxylation is 1. The fourth-order valence-electron chi connectivity index (χ4n) is 6.38. The van der Waals surface area contributed by atoms with Gasteiger partial charge in [0.2, 0.25) is 0 Å². The maximum atomic E-state index is 6.49. The second kappa shape index (κ2) is 8.43. The van der Waals surface area contributed by atoms with E-state index in [-0.39, 0.29) is 11.5 Å². The Balaban J connectivity index is 1.21. The van der Waals surface area contributed by atoms with Crippen LogP contribution in [0.25, 0.3) is 16.7 Å². The van der Waals surface area contributed by atoms with Gasteiger partial charge in [-0.25, -0.2) is 4.68 Å². The lowest BCUT2D eigenvalue weighted by Crippen LogP contribution is -2.64. The van der Waals surface area contributed by atoms with E-state index in [2.05, 4.69) is 38.8 Å². The average Bonchev–Trinajstić information content (AvgIpc) is 3.62. The lowest BCUT2D eigenvalue weighted by Gasteiger charge is -2.50. The Morgan fingerprint density at radius 1 is 1.11 bits per heavy atom. The molecule has 10 heteroatoms. The van der Waals surface area contributed by atoms with Gasteiger partial charge < -0.3 is 24.0 Å². The number of likely N-dealkylation sites (tertiary alicyclic amines) is 1. The fourth-order valence-corrected chi connectivity index (χ4v) is 6.38. The summed E-state index contributed by atoms with van der Waals surface area (Å²) in [4.78, 5) is 14.0. The third-order valence-electron chi connectivity index (χ3n) is 8.50. The van der Waals surface area contributed by atoms with Crippen LogP contribution in [-0.2, 0) is 9.47 Å². The number of benzene rings is 1. The molecule has 4 aliphatic rings. The van der Waals surface area contributed by atoms with Crippen LogP contribution in [0, 0.1) is 6.92 Å². The first-order valence-corrected chi connectivity index (χ1v) is 12.9. The molecule has 4 fully saturated rings. The zero-order valence-electron chi connectivity index (χ0n) is 20.9. The summed E-state index contributed by atoms with van der Waals surface area (Å²) in [6.45, 7) is 7.07. The van der Waals surface area contributed by atoms with Gasteiger partial charge in [-0.1, -0.05) is 0 Å². The van der Waals surface area contributed by atoms with Gasteiger partial charge in [0.1, 0.15) is 13.7 Å². The fraction of sp³-hybridized carbons (Fsp3) is 0.577. The van der Waals surface area contributed by atoms with Crippen molar-refractivity contribution in [3.63, 3.8) is 0 Å². The number of morpholine rings is 1. The summed E-state index contributed by atoms with van der Waals surface area (Å²) in [5.74, 6) is 2.08. The average molecular weight is 486 g/mol. The topological polar surface area (TPSA) is 77.8 Å².